The molecule has 1 heterocycles. The average molecular weight is 440 g/mol. The number of hydrogen-bond donors (Lipinski definition) is 1. The van der Waals surface area contributed by atoms with Crippen molar-refractivity contribution < 1.29 is 14.3 Å². The van der Waals surface area contributed by atoms with Crippen molar-refractivity contribution in [3.05, 3.63) is 42.0 Å². The van der Waals surface area contributed by atoms with Crippen LogP contribution in [-0.4, -0.2) is 36.1 Å². The van der Waals surface area contributed by atoms with Crippen LogP contribution in [0.1, 0.15) is 65.4 Å². The summed E-state index contributed by atoms with van der Waals surface area (Å²) in [5.41, 5.74) is 3.30. The fraction of sp³-hybridized carbons (Fsp3) is 0.500. The van der Waals surface area contributed by atoms with Crippen LogP contribution in [0, 0.1) is 6.92 Å². The first kappa shape index (κ1) is 25.5. The van der Waals surface area contributed by atoms with Crippen LogP contribution in [-0.2, 0) is 9.47 Å². The van der Waals surface area contributed by atoms with E-state index in [0.717, 1.165) is 47.9 Å². The van der Waals surface area contributed by atoms with Crippen molar-refractivity contribution >= 4 is 34.2 Å². The molecule has 1 aromatic carbocycles. The number of amides is 1. The number of fused-ring (bicyclic) bond motifs is 1. The highest BCUT2D eigenvalue weighted by Gasteiger charge is 2.17. The van der Waals surface area contributed by atoms with Gasteiger partial charge in [0.25, 0.3) is 0 Å². The summed E-state index contributed by atoms with van der Waals surface area (Å²) in [5.74, 6) is 0.401. The van der Waals surface area contributed by atoms with Crippen molar-refractivity contribution in [1.29, 1.82) is 0 Å². The van der Waals surface area contributed by atoms with Crippen LogP contribution < -0.4 is 5.32 Å². The maximum absolute atomic E-state index is 12.7. The Morgan fingerprint density at radius 1 is 1.22 bits per heavy atom. The lowest BCUT2D eigenvalue weighted by Crippen LogP contribution is -2.21. The fourth-order valence-electron chi connectivity index (χ4n) is 3.27. The number of aromatic nitrogens is 1. The number of allylic oxidation sites excluding steroid dienone is 1. The second-order valence-corrected chi connectivity index (χ2v) is 7.67. The molecule has 1 N–H and O–H groups in total. The van der Waals surface area contributed by atoms with Gasteiger partial charge in [0.05, 0.1) is 12.1 Å². The van der Waals surface area contributed by atoms with Gasteiger partial charge in [-0.05, 0) is 50.8 Å². The third kappa shape index (κ3) is 7.45. The lowest BCUT2D eigenvalue weighted by atomic mass is 10.1. The molecule has 1 unspecified atom stereocenters. The third-order valence-electron chi connectivity index (χ3n) is 5.23. The second kappa shape index (κ2) is 13.6. The zero-order chi connectivity index (χ0) is 23.3. The zero-order valence-corrected chi connectivity index (χ0v) is 20.1. The van der Waals surface area contributed by atoms with Crippen molar-refractivity contribution in [3.8, 4) is 0 Å². The molecule has 2 aromatic rings. The van der Waals surface area contributed by atoms with Crippen LogP contribution in [0.4, 0.5) is 16.3 Å². The molecule has 6 nitrogen and oxygen atoms in total. The number of rotatable bonds is 12. The highest BCUT2D eigenvalue weighted by atomic mass is 16.6. The number of nitrogens with zero attached hydrogens (tertiary/aromatic N) is 2. The molecular formula is C26H37N3O3. The maximum Gasteiger partial charge on any atom is 0.413 e. The number of unbranched alkanes of at least 4 members (excludes halogenated alkanes) is 2. The summed E-state index contributed by atoms with van der Waals surface area (Å²) in [6, 6.07) is 7.85. The van der Waals surface area contributed by atoms with Crippen LogP contribution in [0.25, 0.3) is 10.9 Å². The minimum absolute atomic E-state index is 0.274. The van der Waals surface area contributed by atoms with Gasteiger partial charge in [-0.2, -0.15) is 0 Å². The van der Waals surface area contributed by atoms with E-state index in [-0.39, 0.29) is 6.10 Å². The van der Waals surface area contributed by atoms with E-state index in [2.05, 4.69) is 23.3 Å². The maximum atomic E-state index is 12.7. The number of carbonyl (C=O) groups excluding carboxylic acids is 1. The van der Waals surface area contributed by atoms with Gasteiger partial charge in [-0.25, -0.2) is 9.78 Å². The van der Waals surface area contributed by atoms with Gasteiger partial charge in [0.1, 0.15) is 11.8 Å². The molecule has 0 aliphatic rings. The molecule has 0 bridgehead atoms. The Kier molecular flexibility index (Phi) is 10.9. The van der Waals surface area contributed by atoms with E-state index in [4.69, 9.17) is 14.5 Å². The van der Waals surface area contributed by atoms with E-state index in [1.165, 1.54) is 0 Å². The Hall–Kier alpha value is -2.73. The van der Waals surface area contributed by atoms with E-state index >= 15 is 0 Å². The summed E-state index contributed by atoms with van der Waals surface area (Å²) < 4.78 is 11.2. The third-order valence-corrected chi connectivity index (χ3v) is 5.23. The smallest absolute Gasteiger partial charge is 0.413 e. The van der Waals surface area contributed by atoms with E-state index in [0.29, 0.717) is 31.1 Å². The standard InChI is InChI=1S/C26H37N3O3/c1-6-10-11-12-15-21(8-3)32-26(30)29-25-24(27-20(7-2)18-31-9-4)19(5)22-16-13-14-17-23(22)28-25/h12-17,21H,6-11,18H2,1-5H3,(H,28,29,30)/b15-12+,27-20?. The summed E-state index contributed by atoms with van der Waals surface area (Å²) in [6.07, 6.45) is 7.95. The lowest BCUT2D eigenvalue weighted by Gasteiger charge is -2.16. The Bertz CT molecular complexity index is 937. The van der Waals surface area contributed by atoms with Gasteiger partial charge in [-0.1, -0.05) is 57.9 Å². The first-order chi connectivity index (χ1) is 15.5. The lowest BCUT2D eigenvalue weighted by molar-refractivity contribution is 0.132. The normalized spacial score (nSPS) is 13.0. The van der Waals surface area contributed by atoms with Crippen LogP contribution >= 0.6 is 0 Å². The van der Waals surface area contributed by atoms with Crippen LogP contribution in [0.3, 0.4) is 0 Å². The van der Waals surface area contributed by atoms with Crippen LogP contribution in [0.5, 0.6) is 0 Å². The Morgan fingerprint density at radius 3 is 2.69 bits per heavy atom. The molecule has 1 aromatic heterocycles. The van der Waals surface area contributed by atoms with Crippen molar-refractivity contribution in [2.24, 2.45) is 4.99 Å². The van der Waals surface area contributed by atoms with E-state index in [1.807, 2.05) is 58.0 Å². The van der Waals surface area contributed by atoms with Gasteiger partial charge in [-0.3, -0.25) is 10.3 Å². The Labute approximate surface area is 192 Å². The topological polar surface area (TPSA) is 72.8 Å². The summed E-state index contributed by atoms with van der Waals surface area (Å²) in [6.45, 7) is 11.2. The number of aliphatic imine (C=N–C) groups is 1. The summed E-state index contributed by atoms with van der Waals surface area (Å²) in [7, 11) is 0. The second-order valence-electron chi connectivity index (χ2n) is 7.67. The minimum Gasteiger partial charge on any atom is -0.442 e. The fourth-order valence-corrected chi connectivity index (χ4v) is 3.27. The molecule has 0 fully saturated rings. The SMILES string of the molecule is CCCC/C=C/C(CC)OC(=O)Nc1nc2ccccc2c(C)c1N=C(CC)COCC. The first-order valence-corrected chi connectivity index (χ1v) is 11.7. The molecule has 1 amide bonds. The molecule has 0 saturated carbocycles. The first-order valence-electron chi connectivity index (χ1n) is 11.7. The number of carbonyl (C=O) groups is 1. The molecule has 0 saturated heterocycles. The molecule has 0 radical (unpaired) electrons. The molecule has 0 spiro atoms. The summed E-state index contributed by atoms with van der Waals surface area (Å²) in [4.78, 5) is 22.2. The number of hydrogen-bond acceptors (Lipinski definition) is 5. The molecular weight excluding hydrogens is 402 g/mol. The number of anilines is 1. The van der Waals surface area contributed by atoms with Crippen molar-refractivity contribution in [2.45, 2.75) is 72.8 Å². The average Bonchev–Trinajstić information content (AvgIpc) is 2.80. The predicted molar refractivity (Wildman–Crippen MR) is 133 cm³/mol. The number of nitrogens with one attached hydrogen (secondary N) is 1. The van der Waals surface area contributed by atoms with E-state index in [9.17, 15) is 4.79 Å². The number of ether oxygens (including phenoxy) is 2. The molecule has 6 heteroatoms. The number of para-hydroxylation sites is 1. The van der Waals surface area contributed by atoms with Gasteiger partial charge in [0, 0.05) is 17.7 Å². The zero-order valence-electron chi connectivity index (χ0n) is 20.1. The van der Waals surface area contributed by atoms with Gasteiger partial charge in [0.15, 0.2) is 5.82 Å². The Morgan fingerprint density at radius 2 is 2.00 bits per heavy atom. The molecule has 32 heavy (non-hydrogen) atoms. The Balaban J connectivity index is 2.33. The number of benzene rings is 1. The van der Waals surface area contributed by atoms with Crippen LogP contribution in [0.15, 0.2) is 41.4 Å². The monoisotopic (exact) mass is 439 g/mol. The van der Waals surface area contributed by atoms with Gasteiger partial charge >= 0.3 is 6.09 Å². The molecule has 0 aliphatic heterocycles. The summed E-state index contributed by atoms with van der Waals surface area (Å²) >= 11 is 0. The highest BCUT2D eigenvalue weighted by molar-refractivity contribution is 5.98. The van der Waals surface area contributed by atoms with Crippen LogP contribution in [0.2, 0.25) is 0 Å². The highest BCUT2D eigenvalue weighted by Crippen LogP contribution is 2.33. The van der Waals surface area contributed by atoms with E-state index in [1.54, 1.807) is 0 Å². The van der Waals surface area contributed by atoms with Crippen molar-refractivity contribution in [1.82, 2.24) is 4.98 Å². The summed E-state index contributed by atoms with van der Waals surface area (Å²) in [5, 5.41) is 3.84. The molecule has 0 aliphatic carbocycles. The molecule has 2 rings (SSSR count). The van der Waals surface area contributed by atoms with Gasteiger partial charge < -0.3 is 9.47 Å². The number of aryl methyl sites for hydroxylation is 1. The van der Waals surface area contributed by atoms with Gasteiger partial charge in [-0.15, -0.1) is 0 Å². The van der Waals surface area contributed by atoms with E-state index < -0.39 is 6.09 Å². The van der Waals surface area contributed by atoms with Crippen molar-refractivity contribution in [3.63, 3.8) is 0 Å². The quantitative estimate of drug-likeness (QED) is 0.217. The molecule has 1 atom stereocenters. The largest absolute Gasteiger partial charge is 0.442 e. The number of pyridine rings is 1. The van der Waals surface area contributed by atoms with Gasteiger partial charge in [0.2, 0.25) is 0 Å². The van der Waals surface area contributed by atoms with Crippen molar-refractivity contribution in [2.75, 3.05) is 18.5 Å². The molecule has 174 valence electrons. The minimum atomic E-state index is -0.529. The predicted octanol–water partition coefficient (Wildman–Crippen LogP) is 7.14.